The molecule has 11 heteroatoms. The summed E-state index contributed by atoms with van der Waals surface area (Å²) >= 11 is 5.94. The molecule has 1 aromatic rings. The molecule has 9 nitrogen and oxygen atoms in total. The number of amides is 2. The van der Waals surface area contributed by atoms with E-state index in [-0.39, 0.29) is 41.1 Å². The van der Waals surface area contributed by atoms with Crippen LogP contribution in [0.5, 0.6) is 0 Å². The number of hydrogen-bond donors (Lipinski definition) is 2. The quantitative estimate of drug-likeness (QED) is 0.529. The number of piperazine rings is 1. The van der Waals surface area contributed by atoms with Gasteiger partial charge in [0.15, 0.2) is 0 Å². The molecule has 0 radical (unpaired) electrons. The average Bonchev–Trinajstić information content (AvgIpc) is 3.16. The first kappa shape index (κ1) is 22.4. The largest absolute Gasteiger partial charge is 0.343 e. The first-order chi connectivity index (χ1) is 13.0. The fourth-order valence-corrected chi connectivity index (χ4v) is 3.81. The Labute approximate surface area is 173 Å². The van der Waals surface area contributed by atoms with Gasteiger partial charge in [0, 0.05) is 51.4 Å². The summed E-state index contributed by atoms with van der Waals surface area (Å²) < 4.78 is 0. The number of halogens is 2. The maximum Gasteiger partial charge on any atom is 0.283 e. The third-order valence-electron chi connectivity index (χ3n) is 5.00. The van der Waals surface area contributed by atoms with Gasteiger partial charge in [-0.25, -0.2) is 0 Å². The van der Waals surface area contributed by atoms with Gasteiger partial charge in [-0.1, -0.05) is 17.7 Å². The smallest absolute Gasteiger partial charge is 0.283 e. The van der Waals surface area contributed by atoms with Gasteiger partial charge in [0.2, 0.25) is 5.91 Å². The summed E-state index contributed by atoms with van der Waals surface area (Å²) in [6, 6.07) is 4.37. The van der Waals surface area contributed by atoms with Crippen molar-refractivity contribution in [1.82, 2.24) is 20.4 Å². The van der Waals surface area contributed by atoms with E-state index in [0.717, 1.165) is 32.6 Å². The second kappa shape index (κ2) is 10.0. The molecule has 0 bridgehead atoms. The Balaban J connectivity index is 0.00000280. The summed E-state index contributed by atoms with van der Waals surface area (Å²) in [5, 5.41) is 16.8. The van der Waals surface area contributed by atoms with Crippen LogP contribution in [0.25, 0.3) is 0 Å². The number of benzene rings is 1. The predicted molar refractivity (Wildman–Crippen MR) is 107 cm³/mol. The lowest BCUT2D eigenvalue weighted by molar-refractivity contribution is -0.385. The highest BCUT2D eigenvalue weighted by Gasteiger charge is 2.31. The van der Waals surface area contributed by atoms with Crippen LogP contribution in [-0.2, 0) is 4.79 Å². The van der Waals surface area contributed by atoms with E-state index in [1.54, 1.807) is 4.90 Å². The van der Waals surface area contributed by atoms with Gasteiger partial charge >= 0.3 is 0 Å². The molecule has 0 aromatic heterocycles. The zero-order chi connectivity index (χ0) is 19.4. The Morgan fingerprint density at radius 2 is 2.00 bits per heavy atom. The van der Waals surface area contributed by atoms with E-state index < -0.39 is 10.8 Å². The molecule has 2 heterocycles. The topological polar surface area (TPSA) is 108 Å². The number of likely N-dealkylation sites (tertiary alicyclic amines) is 1. The van der Waals surface area contributed by atoms with Gasteiger partial charge < -0.3 is 15.5 Å². The van der Waals surface area contributed by atoms with Gasteiger partial charge in [0.25, 0.3) is 11.6 Å². The molecule has 1 aromatic carbocycles. The second-order valence-corrected chi connectivity index (χ2v) is 7.05. The number of nitro groups is 1. The Morgan fingerprint density at radius 1 is 1.29 bits per heavy atom. The van der Waals surface area contributed by atoms with Crippen LogP contribution in [0, 0.1) is 10.1 Å². The van der Waals surface area contributed by atoms with E-state index in [9.17, 15) is 19.7 Å². The number of nitrogens with one attached hydrogen (secondary N) is 2. The molecule has 0 spiro atoms. The highest BCUT2D eigenvalue weighted by atomic mass is 35.5. The lowest BCUT2D eigenvalue weighted by atomic mass is 10.1. The molecule has 0 saturated carbocycles. The molecular formula is C17H23Cl2N5O4. The van der Waals surface area contributed by atoms with Gasteiger partial charge in [-0.15, -0.1) is 12.4 Å². The Kier molecular flexibility index (Phi) is 7.99. The lowest BCUT2D eigenvalue weighted by Crippen LogP contribution is -2.49. The molecule has 2 N–H and O–H groups in total. The Hall–Kier alpha value is -1.94. The molecule has 2 saturated heterocycles. The van der Waals surface area contributed by atoms with E-state index >= 15 is 0 Å². The van der Waals surface area contributed by atoms with Crippen LogP contribution in [0.15, 0.2) is 18.2 Å². The number of nitrogens with zero attached hydrogens (tertiary/aromatic N) is 3. The van der Waals surface area contributed by atoms with Crippen LogP contribution in [0.4, 0.5) is 5.69 Å². The van der Waals surface area contributed by atoms with E-state index in [0.29, 0.717) is 19.1 Å². The summed E-state index contributed by atoms with van der Waals surface area (Å²) in [5.74, 6) is -0.922. The van der Waals surface area contributed by atoms with E-state index in [1.165, 1.54) is 18.2 Å². The molecule has 3 rings (SSSR count). The molecule has 2 amide bonds. The highest BCUT2D eigenvalue weighted by Crippen LogP contribution is 2.26. The lowest BCUT2D eigenvalue weighted by Gasteiger charge is -2.32. The second-order valence-electron chi connectivity index (χ2n) is 6.64. The molecule has 2 fully saturated rings. The minimum atomic E-state index is -0.724. The molecule has 0 aliphatic carbocycles. The van der Waals surface area contributed by atoms with Crippen molar-refractivity contribution in [2.24, 2.45) is 0 Å². The van der Waals surface area contributed by atoms with Gasteiger partial charge in [0.05, 0.1) is 16.5 Å². The maximum atomic E-state index is 12.4. The molecule has 2 aliphatic heterocycles. The van der Waals surface area contributed by atoms with E-state index in [4.69, 9.17) is 11.6 Å². The molecular weight excluding hydrogens is 409 g/mol. The van der Waals surface area contributed by atoms with Crippen molar-refractivity contribution in [2.45, 2.75) is 12.5 Å². The van der Waals surface area contributed by atoms with Crippen molar-refractivity contribution in [3.63, 3.8) is 0 Å². The summed E-state index contributed by atoms with van der Waals surface area (Å²) in [5.41, 5.74) is -0.607. The molecule has 154 valence electrons. The van der Waals surface area contributed by atoms with Crippen molar-refractivity contribution >= 4 is 41.5 Å². The van der Waals surface area contributed by atoms with Crippen molar-refractivity contribution in [3.8, 4) is 0 Å². The first-order valence-corrected chi connectivity index (χ1v) is 9.29. The molecule has 28 heavy (non-hydrogen) atoms. The summed E-state index contributed by atoms with van der Waals surface area (Å²) in [7, 11) is 0. The van der Waals surface area contributed by atoms with Crippen LogP contribution in [0.1, 0.15) is 16.8 Å². The van der Waals surface area contributed by atoms with Crippen LogP contribution < -0.4 is 10.6 Å². The van der Waals surface area contributed by atoms with Crippen LogP contribution >= 0.6 is 24.0 Å². The third kappa shape index (κ3) is 5.11. The van der Waals surface area contributed by atoms with Crippen LogP contribution in [-0.4, -0.2) is 78.4 Å². The standard InChI is InChI=1S/C17H22ClN5O4.ClH/c18-13-2-1-3-14(23(26)27)16(13)17(25)20-10-15(24)22-7-4-12(11-22)21-8-5-19-6-9-21;/h1-3,12,19H,4-11H2,(H,20,25);1H. The maximum absolute atomic E-state index is 12.4. The fourth-order valence-electron chi connectivity index (χ4n) is 3.56. The van der Waals surface area contributed by atoms with E-state index in [2.05, 4.69) is 15.5 Å². The number of nitro benzene ring substituents is 1. The van der Waals surface area contributed by atoms with Gasteiger partial charge in [-0.05, 0) is 12.5 Å². The number of rotatable bonds is 5. The van der Waals surface area contributed by atoms with Crippen LogP contribution in [0.2, 0.25) is 5.02 Å². The van der Waals surface area contributed by atoms with Crippen molar-refractivity contribution < 1.29 is 14.5 Å². The first-order valence-electron chi connectivity index (χ1n) is 8.91. The minimum absolute atomic E-state index is 0. The van der Waals surface area contributed by atoms with Gasteiger partial charge in [0.1, 0.15) is 5.56 Å². The van der Waals surface area contributed by atoms with Gasteiger partial charge in [-0.3, -0.25) is 24.6 Å². The SMILES string of the molecule is Cl.O=C(NCC(=O)N1CCC(N2CCNCC2)C1)c1c(Cl)cccc1[N+](=O)[O-]. The monoisotopic (exact) mass is 431 g/mol. The van der Waals surface area contributed by atoms with Crippen molar-refractivity contribution in [2.75, 3.05) is 45.8 Å². The van der Waals surface area contributed by atoms with Gasteiger partial charge in [-0.2, -0.15) is 0 Å². The summed E-state index contributed by atoms with van der Waals surface area (Å²) in [4.78, 5) is 39.3. The third-order valence-corrected chi connectivity index (χ3v) is 5.31. The normalized spacial score (nSPS) is 19.8. The molecule has 1 unspecified atom stereocenters. The van der Waals surface area contributed by atoms with Crippen molar-refractivity contribution in [3.05, 3.63) is 38.9 Å². The summed E-state index contributed by atoms with van der Waals surface area (Å²) in [6.07, 6.45) is 0.912. The number of carbonyl (C=O) groups is 2. The summed E-state index contributed by atoms with van der Waals surface area (Å²) in [6.45, 7) is 4.93. The fraction of sp³-hybridized carbons (Fsp3) is 0.529. The Bertz CT molecular complexity index is 742. The molecule has 1 atom stereocenters. The zero-order valence-electron chi connectivity index (χ0n) is 15.2. The number of carbonyl (C=O) groups excluding carboxylic acids is 2. The van der Waals surface area contributed by atoms with E-state index in [1.807, 2.05) is 0 Å². The molecule has 2 aliphatic rings. The number of hydrogen-bond acceptors (Lipinski definition) is 6. The highest BCUT2D eigenvalue weighted by molar-refractivity contribution is 6.34. The minimum Gasteiger partial charge on any atom is -0.343 e. The van der Waals surface area contributed by atoms with Crippen LogP contribution in [0.3, 0.4) is 0 Å². The average molecular weight is 432 g/mol. The predicted octanol–water partition coefficient (Wildman–Crippen LogP) is 0.906. The van der Waals surface area contributed by atoms with Crippen molar-refractivity contribution in [1.29, 1.82) is 0 Å². The zero-order valence-corrected chi connectivity index (χ0v) is 16.8. The Morgan fingerprint density at radius 3 is 2.68 bits per heavy atom.